The highest BCUT2D eigenvalue weighted by atomic mass is 32.1. The van der Waals surface area contributed by atoms with E-state index < -0.39 is 5.97 Å². The SMILES string of the molecule is Cc1cc(F)ccc1NCc1csc(C(=O)O)n1. The topological polar surface area (TPSA) is 62.2 Å². The predicted molar refractivity (Wildman–Crippen MR) is 67.5 cm³/mol. The van der Waals surface area contributed by atoms with Gasteiger partial charge in [0.15, 0.2) is 0 Å². The largest absolute Gasteiger partial charge is 0.476 e. The fourth-order valence-corrected chi connectivity index (χ4v) is 2.15. The third-order valence-electron chi connectivity index (χ3n) is 2.38. The number of nitrogens with zero attached hydrogens (tertiary/aromatic N) is 1. The van der Waals surface area contributed by atoms with Gasteiger partial charge in [-0.2, -0.15) is 0 Å². The van der Waals surface area contributed by atoms with Gasteiger partial charge in [0.05, 0.1) is 12.2 Å². The first kappa shape index (κ1) is 12.5. The van der Waals surface area contributed by atoms with Gasteiger partial charge in [0.25, 0.3) is 0 Å². The fourth-order valence-electron chi connectivity index (χ4n) is 1.50. The first-order valence-electron chi connectivity index (χ1n) is 5.24. The number of aryl methyl sites for hydroxylation is 1. The van der Waals surface area contributed by atoms with E-state index in [4.69, 9.17) is 5.11 Å². The molecule has 2 rings (SSSR count). The van der Waals surface area contributed by atoms with Gasteiger partial charge in [-0.15, -0.1) is 11.3 Å². The molecule has 0 unspecified atom stereocenters. The maximum absolute atomic E-state index is 12.9. The van der Waals surface area contributed by atoms with Crippen LogP contribution in [0.4, 0.5) is 10.1 Å². The summed E-state index contributed by atoms with van der Waals surface area (Å²) in [6, 6.07) is 4.46. The Balaban J connectivity index is 2.04. The highest BCUT2D eigenvalue weighted by molar-refractivity contribution is 7.11. The molecular formula is C12H11FN2O2S. The normalized spacial score (nSPS) is 10.3. The number of aromatic nitrogens is 1. The molecule has 6 heteroatoms. The minimum Gasteiger partial charge on any atom is -0.476 e. The number of halogens is 1. The number of nitrogens with one attached hydrogen (secondary N) is 1. The molecule has 0 aliphatic heterocycles. The predicted octanol–water partition coefficient (Wildman–Crippen LogP) is 2.90. The van der Waals surface area contributed by atoms with Crippen LogP contribution in [0.1, 0.15) is 21.1 Å². The first-order valence-corrected chi connectivity index (χ1v) is 6.12. The van der Waals surface area contributed by atoms with Crippen LogP contribution in [0, 0.1) is 12.7 Å². The van der Waals surface area contributed by atoms with Gasteiger partial charge in [0, 0.05) is 11.1 Å². The molecule has 0 aliphatic carbocycles. The molecule has 0 radical (unpaired) electrons. The Labute approximate surface area is 107 Å². The van der Waals surface area contributed by atoms with Crippen LogP contribution < -0.4 is 5.32 Å². The number of anilines is 1. The Morgan fingerprint density at radius 1 is 1.56 bits per heavy atom. The van der Waals surface area contributed by atoms with E-state index in [1.54, 1.807) is 18.4 Å². The van der Waals surface area contributed by atoms with Crippen molar-refractivity contribution in [2.24, 2.45) is 0 Å². The van der Waals surface area contributed by atoms with Crippen LogP contribution in [0.25, 0.3) is 0 Å². The smallest absolute Gasteiger partial charge is 0.365 e. The van der Waals surface area contributed by atoms with Crippen molar-refractivity contribution in [3.8, 4) is 0 Å². The first-order chi connectivity index (χ1) is 8.56. The molecule has 1 aromatic heterocycles. The summed E-state index contributed by atoms with van der Waals surface area (Å²) in [5, 5.41) is 13.6. The quantitative estimate of drug-likeness (QED) is 0.893. The van der Waals surface area contributed by atoms with Crippen molar-refractivity contribution in [3.63, 3.8) is 0 Å². The maximum Gasteiger partial charge on any atom is 0.365 e. The fraction of sp³-hybridized carbons (Fsp3) is 0.167. The van der Waals surface area contributed by atoms with Gasteiger partial charge < -0.3 is 10.4 Å². The van der Waals surface area contributed by atoms with Gasteiger partial charge in [0.1, 0.15) is 5.82 Å². The monoisotopic (exact) mass is 266 g/mol. The van der Waals surface area contributed by atoms with Gasteiger partial charge in [-0.1, -0.05) is 0 Å². The number of carboxylic acid groups (broad SMARTS) is 1. The molecule has 0 aliphatic rings. The van der Waals surface area contributed by atoms with Crippen molar-refractivity contribution < 1.29 is 14.3 Å². The maximum atomic E-state index is 12.9. The molecule has 0 amide bonds. The molecule has 0 atom stereocenters. The van der Waals surface area contributed by atoms with Crippen molar-refractivity contribution in [1.29, 1.82) is 0 Å². The number of aromatic carboxylic acids is 1. The molecule has 0 saturated heterocycles. The number of hydrogen-bond acceptors (Lipinski definition) is 4. The van der Waals surface area contributed by atoms with Crippen molar-refractivity contribution in [1.82, 2.24) is 4.98 Å². The standard InChI is InChI=1S/C12H11FN2O2S/c1-7-4-8(13)2-3-10(7)14-5-9-6-18-11(15-9)12(16)17/h2-4,6,14H,5H2,1H3,(H,16,17). The molecular weight excluding hydrogens is 255 g/mol. The molecule has 0 saturated carbocycles. The summed E-state index contributed by atoms with van der Waals surface area (Å²) < 4.78 is 12.9. The van der Waals surface area contributed by atoms with E-state index in [2.05, 4.69) is 10.3 Å². The third kappa shape index (κ3) is 2.84. The molecule has 2 aromatic rings. The van der Waals surface area contributed by atoms with Crippen LogP contribution in [0.5, 0.6) is 0 Å². The number of carboxylic acids is 1. The van der Waals surface area contributed by atoms with E-state index in [1.165, 1.54) is 12.1 Å². The summed E-state index contributed by atoms with van der Waals surface area (Å²) in [6.45, 7) is 2.21. The van der Waals surface area contributed by atoms with Crippen LogP contribution in [0.15, 0.2) is 23.6 Å². The second-order valence-corrected chi connectivity index (χ2v) is 4.62. The molecule has 2 N–H and O–H groups in total. The number of hydrogen-bond donors (Lipinski definition) is 2. The van der Waals surface area contributed by atoms with E-state index >= 15 is 0 Å². The van der Waals surface area contributed by atoms with Crippen molar-refractivity contribution in [3.05, 3.63) is 45.7 Å². The highest BCUT2D eigenvalue weighted by Gasteiger charge is 2.08. The lowest BCUT2D eigenvalue weighted by Crippen LogP contribution is -2.03. The van der Waals surface area contributed by atoms with Gasteiger partial charge in [0.2, 0.25) is 5.01 Å². The summed E-state index contributed by atoms with van der Waals surface area (Å²) in [6.07, 6.45) is 0. The van der Waals surface area contributed by atoms with Crippen LogP contribution in [-0.4, -0.2) is 16.1 Å². The van der Waals surface area contributed by atoms with E-state index in [-0.39, 0.29) is 10.8 Å². The Kier molecular flexibility index (Phi) is 3.57. The number of carbonyl (C=O) groups is 1. The van der Waals surface area contributed by atoms with Gasteiger partial charge in [-0.25, -0.2) is 14.2 Å². The average Bonchev–Trinajstić information content (AvgIpc) is 2.76. The zero-order valence-electron chi connectivity index (χ0n) is 9.61. The minimum atomic E-state index is -1.02. The zero-order valence-corrected chi connectivity index (χ0v) is 10.4. The third-order valence-corrected chi connectivity index (χ3v) is 3.26. The summed E-state index contributed by atoms with van der Waals surface area (Å²) in [5.74, 6) is -1.30. The Bertz CT molecular complexity index is 583. The average molecular weight is 266 g/mol. The number of thiazole rings is 1. The highest BCUT2D eigenvalue weighted by Crippen LogP contribution is 2.17. The summed E-state index contributed by atoms with van der Waals surface area (Å²) in [4.78, 5) is 14.6. The van der Waals surface area contributed by atoms with Gasteiger partial charge in [-0.05, 0) is 30.7 Å². The number of benzene rings is 1. The second-order valence-electron chi connectivity index (χ2n) is 3.76. The zero-order chi connectivity index (χ0) is 13.1. The molecule has 94 valence electrons. The molecule has 1 heterocycles. The number of rotatable bonds is 4. The molecule has 0 spiro atoms. The summed E-state index contributed by atoms with van der Waals surface area (Å²) >= 11 is 1.09. The molecule has 18 heavy (non-hydrogen) atoms. The summed E-state index contributed by atoms with van der Waals surface area (Å²) in [5.41, 5.74) is 2.26. The van der Waals surface area contributed by atoms with Crippen molar-refractivity contribution in [2.75, 3.05) is 5.32 Å². The van der Waals surface area contributed by atoms with Crippen LogP contribution in [0.3, 0.4) is 0 Å². The van der Waals surface area contributed by atoms with Gasteiger partial charge >= 0.3 is 5.97 Å². The lowest BCUT2D eigenvalue weighted by molar-refractivity contribution is 0.0696. The molecule has 0 fully saturated rings. The van der Waals surface area contributed by atoms with Crippen LogP contribution in [0.2, 0.25) is 0 Å². The van der Waals surface area contributed by atoms with E-state index in [0.717, 1.165) is 22.6 Å². The van der Waals surface area contributed by atoms with Gasteiger partial charge in [-0.3, -0.25) is 0 Å². The van der Waals surface area contributed by atoms with E-state index in [1.807, 2.05) is 0 Å². The van der Waals surface area contributed by atoms with Crippen LogP contribution in [-0.2, 0) is 6.54 Å². The molecule has 4 nitrogen and oxygen atoms in total. The van der Waals surface area contributed by atoms with E-state index in [9.17, 15) is 9.18 Å². The Hall–Kier alpha value is -1.95. The molecule has 1 aromatic carbocycles. The summed E-state index contributed by atoms with van der Waals surface area (Å²) in [7, 11) is 0. The van der Waals surface area contributed by atoms with Crippen molar-refractivity contribution >= 4 is 23.0 Å². The Morgan fingerprint density at radius 3 is 2.94 bits per heavy atom. The Morgan fingerprint density at radius 2 is 2.33 bits per heavy atom. The van der Waals surface area contributed by atoms with Crippen molar-refractivity contribution in [2.45, 2.75) is 13.5 Å². The molecule has 0 bridgehead atoms. The second kappa shape index (κ2) is 5.14. The van der Waals surface area contributed by atoms with Crippen LogP contribution >= 0.6 is 11.3 Å². The minimum absolute atomic E-state index is 0.0719. The lowest BCUT2D eigenvalue weighted by Gasteiger charge is -2.07. The van der Waals surface area contributed by atoms with E-state index in [0.29, 0.717) is 12.2 Å². The lowest BCUT2D eigenvalue weighted by atomic mass is 10.2.